The first-order chi connectivity index (χ1) is 22.0. The van der Waals surface area contributed by atoms with Gasteiger partial charge in [-0.05, 0) is 76.9 Å². The molecule has 0 aliphatic carbocycles. The van der Waals surface area contributed by atoms with Crippen LogP contribution < -0.4 is 9.46 Å². The number of benzene rings is 2. The van der Waals surface area contributed by atoms with E-state index in [9.17, 15) is 8.42 Å². The van der Waals surface area contributed by atoms with Gasteiger partial charge >= 0.3 is 0 Å². The van der Waals surface area contributed by atoms with Crippen molar-refractivity contribution in [2.45, 2.75) is 58.7 Å². The monoisotopic (exact) mass is 675 g/mol. The molecule has 9 nitrogen and oxygen atoms in total. The fraction of sp³-hybridized carbons (Fsp3) is 0.265. The van der Waals surface area contributed by atoms with Crippen molar-refractivity contribution in [1.29, 1.82) is 0 Å². The SMILES string of the molecule is CCOc1cc(Cn2nc(-c3cccc(Cl)c3)c3c(C)nc(C)cc32)ccc1-c1cc(CC)sc1S(=O)(=O)Nc1noc(C)c1C. The van der Waals surface area contributed by atoms with Gasteiger partial charge in [0.05, 0.1) is 18.7 Å². The Morgan fingerprint density at radius 2 is 1.83 bits per heavy atom. The van der Waals surface area contributed by atoms with Gasteiger partial charge in [-0.2, -0.15) is 5.10 Å². The van der Waals surface area contributed by atoms with Crippen molar-refractivity contribution in [3.63, 3.8) is 0 Å². The molecule has 0 atom stereocenters. The number of thiophene rings is 1. The summed E-state index contributed by atoms with van der Waals surface area (Å²) >= 11 is 7.58. The van der Waals surface area contributed by atoms with E-state index in [4.69, 9.17) is 30.9 Å². The van der Waals surface area contributed by atoms with Crippen molar-refractivity contribution in [3.8, 4) is 28.1 Å². The molecule has 12 heteroatoms. The van der Waals surface area contributed by atoms with Crippen molar-refractivity contribution in [3.05, 3.63) is 92.8 Å². The van der Waals surface area contributed by atoms with E-state index in [-0.39, 0.29) is 10.0 Å². The average molecular weight is 676 g/mol. The van der Waals surface area contributed by atoms with E-state index >= 15 is 0 Å². The Morgan fingerprint density at radius 1 is 1.02 bits per heavy atom. The molecule has 0 spiro atoms. The fourth-order valence-electron chi connectivity index (χ4n) is 5.49. The zero-order valence-corrected chi connectivity index (χ0v) is 28.8. The molecule has 2 aromatic carbocycles. The highest BCUT2D eigenvalue weighted by Gasteiger charge is 2.27. The second-order valence-corrected chi connectivity index (χ2v) is 14.6. The standard InChI is InChI=1S/C34H34ClN5O4S2/c1-7-26-17-28(34(45-26)46(41,42)39-33-20(4)22(6)44-38-33)27-13-12-23(15-30(27)43-8-2)18-40-29-14-19(3)36-21(5)31(29)32(37-40)24-10-9-11-25(35)16-24/h9-17H,7-8,18H2,1-6H3,(H,38,39). The molecular formula is C34H34ClN5O4S2. The number of hydrogen-bond donors (Lipinski definition) is 1. The predicted molar refractivity (Wildman–Crippen MR) is 184 cm³/mol. The van der Waals surface area contributed by atoms with Gasteiger partial charge in [-0.1, -0.05) is 47.9 Å². The third-order valence-corrected chi connectivity index (χ3v) is 11.2. The van der Waals surface area contributed by atoms with Crippen molar-refractivity contribution in [2.75, 3.05) is 11.3 Å². The van der Waals surface area contributed by atoms with Crippen molar-refractivity contribution < 1.29 is 17.7 Å². The molecule has 6 aromatic rings. The van der Waals surface area contributed by atoms with Crippen molar-refractivity contribution in [1.82, 2.24) is 19.9 Å². The maximum Gasteiger partial charge on any atom is 0.273 e. The third kappa shape index (κ3) is 6.02. The highest BCUT2D eigenvalue weighted by molar-refractivity contribution is 7.94. The van der Waals surface area contributed by atoms with Crippen molar-refractivity contribution in [2.24, 2.45) is 0 Å². The van der Waals surface area contributed by atoms with Crippen LogP contribution in [-0.4, -0.2) is 34.9 Å². The molecule has 0 unspecified atom stereocenters. The number of aryl methyl sites for hydroxylation is 4. The Labute approximate surface area is 277 Å². The van der Waals surface area contributed by atoms with Crippen LogP contribution in [0, 0.1) is 27.7 Å². The van der Waals surface area contributed by atoms with E-state index in [1.807, 2.05) is 87.0 Å². The number of rotatable bonds is 10. The molecule has 0 bridgehead atoms. The molecule has 1 N–H and O–H groups in total. The first-order valence-corrected chi connectivity index (χ1v) is 17.6. The minimum atomic E-state index is -3.98. The van der Waals surface area contributed by atoms with Crippen LogP contribution in [0.2, 0.25) is 5.02 Å². The molecule has 0 radical (unpaired) electrons. The number of fused-ring (bicyclic) bond motifs is 1. The summed E-state index contributed by atoms with van der Waals surface area (Å²) in [6.07, 6.45) is 0.687. The van der Waals surface area contributed by atoms with Gasteiger partial charge in [0.2, 0.25) is 0 Å². The van der Waals surface area contributed by atoms with Gasteiger partial charge in [0.1, 0.15) is 21.4 Å². The van der Waals surface area contributed by atoms with Crippen LogP contribution in [0.5, 0.6) is 5.75 Å². The second kappa shape index (κ2) is 12.5. The molecule has 0 aliphatic rings. The van der Waals surface area contributed by atoms with Crippen LogP contribution >= 0.6 is 22.9 Å². The molecule has 238 valence electrons. The summed E-state index contributed by atoms with van der Waals surface area (Å²) in [4.78, 5) is 5.65. The summed E-state index contributed by atoms with van der Waals surface area (Å²) in [5.41, 5.74) is 7.34. The molecule has 0 saturated carbocycles. The van der Waals surface area contributed by atoms with Gasteiger partial charge in [0.25, 0.3) is 10.0 Å². The lowest BCUT2D eigenvalue weighted by Gasteiger charge is -2.14. The van der Waals surface area contributed by atoms with E-state index in [2.05, 4.69) is 9.88 Å². The van der Waals surface area contributed by atoms with Gasteiger partial charge in [-0.15, -0.1) is 11.3 Å². The molecule has 0 saturated heterocycles. The molecule has 46 heavy (non-hydrogen) atoms. The Balaban J connectivity index is 1.42. The smallest absolute Gasteiger partial charge is 0.273 e. The largest absolute Gasteiger partial charge is 0.493 e. The number of sulfonamides is 1. The van der Waals surface area contributed by atoms with E-state index in [0.717, 1.165) is 44.0 Å². The molecule has 6 rings (SSSR count). The summed E-state index contributed by atoms with van der Waals surface area (Å²) in [5, 5.41) is 10.6. The minimum absolute atomic E-state index is 0.180. The van der Waals surface area contributed by atoms with E-state index in [1.54, 1.807) is 13.8 Å². The van der Waals surface area contributed by atoms with E-state index < -0.39 is 10.0 Å². The van der Waals surface area contributed by atoms with E-state index in [0.29, 0.717) is 52.8 Å². The molecular weight excluding hydrogens is 642 g/mol. The lowest BCUT2D eigenvalue weighted by Crippen LogP contribution is -2.13. The third-order valence-electron chi connectivity index (χ3n) is 7.84. The molecule has 0 aliphatic heterocycles. The lowest BCUT2D eigenvalue weighted by molar-refractivity contribution is 0.341. The number of pyridine rings is 1. The zero-order chi connectivity index (χ0) is 32.7. The van der Waals surface area contributed by atoms with Crippen LogP contribution in [-0.2, 0) is 23.0 Å². The van der Waals surface area contributed by atoms with Gasteiger partial charge in [-0.3, -0.25) is 14.4 Å². The normalized spacial score (nSPS) is 11.8. The van der Waals surface area contributed by atoms with Gasteiger partial charge in [0.15, 0.2) is 5.82 Å². The summed E-state index contributed by atoms with van der Waals surface area (Å²) in [5.74, 6) is 1.32. The first kappa shape index (κ1) is 31.8. The molecule has 4 aromatic heterocycles. The molecule has 0 amide bonds. The zero-order valence-electron chi connectivity index (χ0n) is 26.4. The summed E-state index contributed by atoms with van der Waals surface area (Å²) in [6, 6.07) is 17.5. The summed E-state index contributed by atoms with van der Waals surface area (Å²) < 4.78 is 43.6. The van der Waals surface area contributed by atoms with Gasteiger partial charge in [0, 0.05) is 48.9 Å². The van der Waals surface area contributed by atoms with Crippen LogP contribution in [0.25, 0.3) is 33.3 Å². The van der Waals surface area contributed by atoms with E-state index in [1.165, 1.54) is 11.3 Å². The number of anilines is 1. The van der Waals surface area contributed by atoms with Crippen LogP contribution in [0.4, 0.5) is 5.82 Å². The highest BCUT2D eigenvalue weighted by atomic mass is 35.5. The van der Waals surface area contributed by atoms with Crippen molar-refractivity contribution >= 4 is 49.7 Å². The molecule has 4 heterocycles. The van der Waals surface area contributed by atoms with Crippen LogP contribution in [0.3, 0.4) is 0 Å². The predicted octanol–water partition coefficient (Wildman–Crippen LogP) is 8.51. The number of ether oxygens (including phenoxy) is 1. The Hall–Kier alpha value is -4.19. The highest BCUT2D eigenvalue weighted by Crippen LogP contribution is 2.41. The minimum Gasteiger partial charge on any atom is -0.493 e. The average Bonchev–Trinajstić information content (AvgIpc) is 3.70. The van der Waals surface area contributed by atoms with Gasteiger partial charge < -0.3 is 9.26 Å². The number of halogens is 1. The van der Waals surface area contributed by atoms with Gasteiger partial charge in [-0.25, -0.2) is 8.42 Å². The second-order valence-electron chi connectivity index (χ2n) is 11.1. The lowest BCUT2D eigenvalue weighted by atomic mass is 10.0. The van der Waals surface area contributed by atoms with Crippen LogP contribution in [0.1, 0.15) is 47.0 Å². The summed E-state index contributed by atoms with van der Waals surface area (Å²) in [6.45, 7) is 12.3. The Kier molecular flexibility index (Phi) is 8.66. The van der Waals surface area contributed by atoms with Crippen LogP contribution in [0.15, 0.2) is 63.3 Å². The Morgan fingerprint density at radius 3 is 2.52 bits per heavy atom. The fourth-order valence-corrected chi connectivity index (χ4v) is 8.40. The quantitative estimate of drug-likeness (QED) is 0.155. The number of nitrogens with zero attached hydrogens (tertiary/aromatic N) is 4. The summed E-state index contributed by atoms with van der Waals surface area (Å²) in [7, 11) is -3.98. The Bertz CT molecular complexity index is 2200. The maximum atomic E-state index is 13.7. The number of hydrogen-bond acceptors (Lipinski definition) is 8. The number of nitrogens with one attached hydrogen (secondary N) is 1. The first-order valence-electron chi connectivity index (χ1n) is 14.9. The maximum absolute atomic E-state index is 13.7. The number of aromatic nitrogens is 4. The topological polar surface area (TPSA) is 112 Å². The molecule has 0 fully saturated rings.